The third-order valence-corrected chi connectivity index (χ3v) is 4.63. The number of anilines is 2. The van der Waals surface area contributed by atoms with Crippen LogP contribution in [-0.4, -0.2) is 31.0 Å². The quantitative estimate of drug-likeness (QED) is 0.650. The molecule has 0 spiro atoms. The van der Waals surface area contributed by atoms with Gasteiger partial charge < -0.3 is 16.4 Å². The van der Waals surface area contributed by atoms with Crippen LogP contribution in [0.1, 0.15) is 40.3 Å². The first-order chi connectivity index (χ1) is 12.4. The Bertz CT molecular complexity index is 1010. The maximum Gasteiger partial charge on any atom is 0.272 e. The van der Waals surface area contributed by atoms with Gasteiger partial charge >= 0.3 is 0 Å². The van der Waals surface area contributed by atoms with E-state index >= 15 is 0 Å². The van der Waals surface area contributed by atoms with E-state index in [0.717, 1.165) is 28.1 Å². The molecule has 0 saturated heterocycles. The summed E-state index contributed by atoms with van der Waals surface area (Å²) in [7, 11) is 0. The number of rotatable bonds is 2. The number of nitrogens with zero attached hydrogens (tertiary/aromatic N) is 4. The highest BCUT2D eigenvalue weighted by molar-refractivity contribution is 5.94. The molecule has 1 atom stereocenters. The lowest BCUT2D eigenvalue weighted by Gasteiger charge is -2.20. The van der Waals surface area contributed by atoms with Crippen LogP contribution in [0.2, 0.25) is 0 Å². The van der Waals surface area contributed by atoms with E-state index in [4.69, 9.17) is 11.5 Å². The van der Waals surface area contributed by atoms with E-state index < -0.39 is 0 Å². The lowest BCUT2D eigenvalue weighted by molar-refractivity contribution is 0.0697. The predicted molar refractivity (Wildman–Crippen MR) is 97.9 cm³/mol. The zero-order valence-corrected chi connectivity index (χ0v) is 14.5. The van der Waals surface area contributed by atoms with Crippen LogP contribution < -0.4 is 11.5 Å². The fourth-order valence-corrected chi connectivity index (χ4v) is 3.36. The Hall–Kier alpha value is -3.42. The van der Waals surface area contributed by atoms with Gasteiger partial charge in [0.25, 0.3) is 5.91 Å². The summed E-state index contributed by atoms with van der Waals surface area (Å²) in [5.41, 5.74) is 16.5. The highest BCUT2D eigenvalue weighted by atomic mass is 16.2. The van der Waals surface area contributed by atoms with Crippen molar-refractivity contribution in [2.75, 3.05) is 11.5 Å². The Kier molecular flexibility index (Phi) is 3.61. The first-order valence-electron chi connectivity index (χ1n) is 8.29. The first kappa shape index (κ1) is 16.1. The van der Waals surface area contributed by atoms with Crippen molar-refractivity contribution in [1.29, 1.82) is 0 Å². The number of H-pyrrole nitrogens is 1. The third kappa shape index (κ3) is 2.55. The van der Waals surface area contributed by atoms with E-state index in [1.807, 2.05) is 38.1 Å². The van der Waals surface area contributed by atoms with Crippen molar-refractivity contribution in [3.05, 3.63) is 52.8 Å². The molecule has 8 nitrogen and oxygen atoms in total. The molecular formula is C18H19N7O. The molecule has 0 bridgehead atoms. The molecule has 132 valence electrons. The van der Waals surface area contributed by atoms with Gasteiger partial charge in [-0.25, -0.2) is 9.97 Å². The zero-order valence-electron chi connectivity index (χ0n) is 14.5. The van der Waals surface area contributed by atoms with Gasteiger partial charge in [-0.1, -0.05) is 23.8 Å². The van der Waals surface area contributed by atoms with Gasteiger partial charge in [-0.15, -0.1) is 0 Å². The minimum Gasteiger partial charge on any atom is -0.382 e. The normalized spacial score (nSPS) is 15.9. The number of carbonyl (C=O) groups is 1. The molecule has 1 amide bonds. The molecule has 0 saturated carbocycles. The van der Waals surface area contributed by atoms with E-state index in [0.29, 0.717) is 12.2 Å². The van der Waals surface area contributed by atoms with Crippen LogP contribution in [-0.2, 0) is 6.54 Å². The average molecular weight is 349 g/mol. The second kappa shape index (κ2) is 5.83. The van der Waals surface area contributed by atoms with E-state index in [2.05, 4.69) is 20.2 Å². The Morgan fingerprint density at radius 1 is 1.27 bits per heavy atom. The molecule has 2 aromatic heterocycles. The molecule has 8 heteroatoms. The van der Waals surface area contributed by atoms with E-state index in [1.54, 1.807) is 4.90 Å². The van der Waals surface area contributed by atoms with Gasteiger partial charge in [0.2, 0.25) is 5.95 Å². The standard InChI is InChI=1S/C18H19N7O/c1-9-4-3-5-11(6-9)16-12-8-25(10(2)15(12)21-18(20)22-16)17(26)13-7-14(19)24-23-13/h3-7,10H,8H2,1-2H3,(H3,19,23,24)(H2,20,21,22)/t10-/m0/s1. The molecule has 3 aromatic rings. The summed E-state index contributed by atoms with van der Waals surface area (Å²) in [4.78, 5) is 23.4. The summed E-state index contributed by atoms with van der Waals surface area (Å²) in [6.07, 6.45) is 0. The van der Waals surface area contributed by atoms with Crippen LogP contribution in [0.15, 0.2) is 30.3 Å². The molecule has 4 rings (SSSR count). The first-order valence-corrected chi connectivity index (χ1v) is 8.29. The van der Waals surface area contributed by atoms with Gasteiger partial charge in [0.05, 0.1) is 24.0 Å². The molecule has 1 aliphatic rings. The number of nitrogens with two attached hydrogens (primary N) is 2. The Labute approximate surface area is 150 Å². The molecule has 0 aliphatic carbocycles. The van der Waals surface area contributed by atoms with Crippen LogP contribution in [0, 0.1) is 6.92 Å². The number of hydrogen-bond acceptors (Lipinski definition) is 6. The third-order valence-electron chi connectivity index (χ3n) is 4.63. The molecule has 0 fully saturated rings. The summed E-state index contributed by atoms with van der Waals surface area (Å²) in [5, 5.41) is 6.50. The van der Waals surface area contributed by atoms with Gasteiger partial charge in [-0.2, -0.15) is 5.10 Å². The molecule has 1 aromatic carbocycles. The number of benzene rings is 1. The summed E-state index contributed by atoms with van der Waals surface area (Å²) in [5.74, 6) is 0.294. The number of nitrogen functional groups attached to an aromatic ring is 2. The predicted octanol–water partition coefficient (Wildman–Crippen LogP) is 2.06. The van der Waals surface area contributed by atoms with Crippen molar-refractivity contribution < 1.29 is 4.79 Å². The van der Waals surface area contributed by atoms with Gasteiger partial charge in [-0.3, -0.25) is 9.89 Å². The SMILES string of the molecule is Cc1cccc(-c2nc(N)nc3c2CN(C(=O)c2cc(N)n[nH]2)[C@H]3C)c1. The summed E-state index contributed by atoms with van der Waals surface area (Å²) < 4.78 is 0. The van der Waals surface area contributed by atoms with Crippen molar-refractivity contribution in [1.82, 2.24) is 25.1 Å². The number of fused-ring (bicyclic) bond motifs is 1. The topological polar surface area (TPSA) is 127 Å². The largest absolute Gasteiger partial charge is 0.382 e. The lowest BCUT2D eigenvalue weighted by Crippen LogP contribution is -2.28. The molecule has 1 aliphatic heterocycles. The minimum absolute atomic E-state index is 0.187. The number of carbonyl (C=O) groups excluding carboxylic acids is 1. The average Bonchev–Trinajstić information content (AvgIpc) is 3.18. The highest BCUT2D eigenvalue weighted by Gasteiger charge is 2.35. The molecule has 0 unspecified atom stereocenters. The highest BCUT2D eigenvalue weighted by Crippen LogP contribution is 2.38. The molecule has 0 radical (unpaired) electrons. The van der Waals surface area contributed by atoms with Crippen LogP contribution in [0.25, 0.3) is 11.3 Å². The van der Waals surface area contributed by atoms with Crippen molar-refractivity contribution in [3.8, 4) is 11.3 Å². The van der Waals surface area contributed by atoms with Gasteiger partial charge in [0, 0.05) is 17.2 Å². The second-order valence-electron chi connectivity index (χ2n) is 6.48. The second-order valence-corrected chi connectivity index (χ2v) is 6.48. The summed E-state index contributed by atoms with van der Waals surface area (Å²) in [6, 6.07) is 9.34. The van der Waals surface area contributed by atoms with Crippen LogP contribution in [0.5, 0.6) is 0 Å². The smallest absolute Gasteiger partial charge is 0.272 e. The van der Waals surface area contributed by atoms with Gasteiger partial charge in [0.1, 0.15) is 11.5 Å². The number of aryl methyl sites for hydroxylation is 1. The molecule has 5 N–H and O–H groups in total. The molecule has 26 heavy (non-hydrogen) atoms. The monoisotopic (exact) mass is 349 g/mol. The molecular weight excluding hydrogens is 330 g/mol. The van der Waals surface area contributed by atoms with Crippen LogP contribution in [0.4, 0.5) is 11.8 Å². The maximum absolute atomic E-state index is 12.8. The van der Waals surface area contributed by atoms with E-state index in [9.17, 15) is 4.79 Å². The number of nitrogens with one attached hydrogen (secondary N) is 1. The Morgan fingerprint density at radius 2 is 2.08 bits per heavy atom. The van der Waals surface area contributed by atoms with Crippen LogP contribution >= 0.6 is 0 Å². The Balaban J connectivity index is 1.77. The van der Waals surface area contributed by atoms with E-state index in [1.165, 1.54) is 6.07 Å². The number of aromatic nitrogens is 4. The van der Waals surface area contributed by atoms with E-state index in [-0.39, 0.29) is 23.7 Å². The van der Waals surface area contributed by atoms with Crippen molar-refractivity contribution in [2.24, 2.45) is 0 Å². The summed E-state index contributed by atoms with van der Waals surface area (Å²) >= 11 is 0. The number of amides is 1. The van der Waals surface area contributed by atoms with Crippen molar-refractivity contribution in [3.63, 3.8) is 0 Å². The minimum atomic E-state index is -0.226. The fourth-order valence-electron chi connectivity index (χ4n) is 3.36. The van der Waals surface area contributed by atoms with Crippen LogP contribution in [0.3, 0.4) is 0 Å². The van der Waals surface area contributed by atoms with Gasteiger partial charge in [-0.05, 0) is 19.9 Å². The van der Waals surface area contributed by atoms with Gasteiger partial charge in [0.15, 0.2) is 0 Å². The Morgan fingerprint density at radius 3 is 2.77 bits per heavy atom. The lowest BCUT2D eigenvalue weighted by atomic mass is 10.0. The van der Waals surface area contributed by atoms with Crippen molar-refractivity contribution >= 4 is 17.7 Å². The number of aromatic amines is 1. The fraction of sp³-hybridized carbons (Fsp3) is 0.222. The molecule has 3 heterocycles. The number of hydrogen-bond donors (Lipinski definition) is 3. The summed E-state index contributed by atoms with van der Waals surface area (Å²) in [6.45, 7) is 4.35. The maximum atomic E-state index is 12.8. The zero-order chi connectivity index (χ0) is 18.4. The van der Waals surface area contributed by atoms with Crippen molar-refractivity contribution in [2.45, 2.75) is 26.4 Å².